The molecule has 0 heterocycles. The molecular formula is C14H17Cl2NO3. The number of nitrogens with one attached hydrogen (secondary N) is 1. The molecule has 0 spiro atoms. The third kappa shape index (κ3) is 4.12. The summed E-state index contributed by atoms with van der Waals surface area (Å²) in [4.78, 5) is 23.2. The number of rotatable bonds is 6. The molecule has 0 atom stereocenters. The summed E-state index contributed by atoms with van der Waals surface area (Å²) in [6, 6.07) is 4.57. The van der Waals surface area contributed by atoms with Crippen molar-refractivity contribution in [1.29, 1.82) is 0 Å². The Morgan fingerprint density at radius 1 is 1.25 bits per heavy atom. The SMILES string of the molecule is CCC(CC)(CC(=O)O)NC(=O)c1ccc(Cl)cc1Cl. The molecule has 0 bridgehead atoms. The highest BCUT2D eigenvalue weighted by atomic mass is 35.5. The fraction of sp³-hybridized carbons (Fsp3) is 0.429. The van der Waals surface area contributed by atoms with E-state index in [-0.39, 0.29) is 17.0 Å². The summed E-state index contributed by atoms with van der Waals surface area (Å²) in [7, 11) is 0. The zero-order chi connectivity index (χ0) is 15.3. The molecular weight excluding hydrogens is 301 g/mol. The summed E-state index contributed by atoms with van der Waals surface area (Å²) in [5, 5.41) is 12.5. The third-order valence-corrected chi connectivity index (χ3v) is 3.95. The van der Waals surface area contributed by atoms with Crippen LogP contribution in [0.25, 0.3) is 0 Å². The zero-order valence-electron chi connectivity index (χ0n) is 11.4. The summed E-state index contributed by atoms with van der Waals surface area (Å²) in [6.07, 6.45) is 0.913. The van der Waals surface area contributed by atoms with Crippen molar-refractivity contribution < 1.29 is 14.7 Å². The van der Waals surface area contributed by atoms with Crippen LogP contribution in [-0.4, -0.2) is 22.5 Å². The molecule has 0 unspecified atom stereocenters. The van der Waals surface area contributed by atoms with E-state index in [1.807, 2.05) is 13.8 Å². The van der Waals surface area contributed by atoms with E-state index < -0.39 is 17.4 Å². The van der Waals surface area contributed by atoms with E-state index in [1.165, 1.54) is 12.1 Å². The maximum absolute atomic E-state index is 12.3. The maximum atomic E-state index is 12.3. The fourth-order valence-corrected chi connectivity index (χ4v) is 2.49. The Balaban J connectivity index is 2.99. The molecule has 1 rings (SSSR count). The molecule has 0 fully saturated rings. The van der Waals surface area contributed by atoms with Crippen LogP contribution in [-0.2, 0) is 4.79 Å². The number of carbonyl (C=O) groups is 2. The first-order chi connectivity index (χ1) is 9.33. The van der Waals surface area contributed by atoms with Gasteiger partial charge >= 0.3 is 5.97 Å². The molecule has 0 aromatic heterocycles. The summed E-state index contributed by atoms with van der Waals surface area (Å²) in [6.45, 7) is 3.69. The molecule has 110 valence electrons. The summed E-state index contributed by atoms with van der Waals surface area (Å²) >= 11 is 11.8. The summed E-state index contributed by atoms with van der Waals surface area (Å²) in [5.74, 6) is -1.34. The van der Waals surface area contributed by atoms with E-state index in [4.69, 9.17) is 28.3 Å². The predicted molar refractivity (Wildman–Crippen MR) is 79.5 cm³/mol. The van der Waals surface area contributed by atoms with Gasteiger partial charge in [-0.05, 0) is 31.0 Å². The topological polar surface area (TPSA) is 66.4 Å². The lowest BCUT2D eigenvalue weighted by Crippen LogP contribution is -2.49. The standard InChI is InChI=1S/C14H17Cl2NO3/c1-3-14(4-2,8-12(18)19)17-13(20)10-6-5-9(15)7-11(10)16/h5-7H,3-4,8H2,1-2H3,(H,17,20)(H,18,19). The number of hydrogen-bond donors (Lipinski definition) is 2. The van der Waals surface area contributed by atoms with Crippen molar-refractivity contribution >= 4 is 35.1 Å². The van der Waals surface area contributed by atoms with Crippen LogP contribution in [0.2, 0.25) is 10.0 Å². The second-order valence-electron chi connectivity index (χ2n) is 4.64. The van der Waals surface area contributed by atoms with E-state index in [0.29, 0.717) is 17.9 Å². The Bertz CT molecular complexity index is 513. The van der Waals surface area contributed by atoms with E-state index in [1.54, 1.807) is 6.07 Å². The number of carboxylic acids is 1. The number of carboxylic acid groups (broad SMARTS) is 1. The van der Waals surface area contributed by atoms with Crippen molar-refractivity contribution in [2.75, 3.05) is 0 Å². The Hall–Kier alpha value is -1.26. The van der Waals surface area contributed by atoms with Crippen LogP contribution in [0.15, 0.2) is 18.2 Å². The number of hydrogen-bond acceptors (Lipinski definition) is 2. The predicted octanol–water partition coefficient (Wildman–Crippen LogP) is 3.76. The summed E-state index contributed by atoms with van der Waals surface area (Å²) in [5.41, 5.74) is -0.487. The Morgan fingerprint density at radius 2 is 1.85 bits per heavy atom. The van der Waals surface area contributed by atoms with Gasteiger partial charge < -0.3 is 10.4 Å². The quantitative estimate of drug-likeness (QED) is 0.839. The molecule has 0 radical (unpaired) electrons. The molecule has 0 aliphatic rings. The second kappa shape index (κ2) is 6.95. The molecule has 2 N–H and O–H groups in total. The van der Waals surface area contributed by atoms with Gasteiger partial charge in [-0.15, -0.1) is 0 Å². The molecule has 0 aliphatic carbocycles. The maximum Gasteiger partial charge on any atom is 0.305 e. The highest BCUT2D eigenvalue weighted by molar-refractivity contribution is 6.36. The van der Waals surface area contributed by atoms with Crippen LogP contribution >= 0.6 is 23.2 Å². The van der Waals surface area contributed by atoms with Gasteiger partial charge in [-0.2, -0.15) is 0 Å². The molecule has 0 saturated heterocycles. The van der Waals surface area contributed by atoms with Crippen LogP contribution in [0, 0.1) is 0 Å². The van der Waals surface area contributed by atoms with Crippen LogP contribution in [0.1, 0.15) is 43.5 Å². The Labute approximate surface area is 128 Å². The third-order valence-electron chi connectivity index (χ3n) is 3.40. The molecule has 0 saturated carbocycles. The van der Waals surface area contributed by atoms with Gasteiger partial charge in [0.2, 0.25) is 0 Å². The minimum atomic E-state index is -0.948. The van der Waals surface area contributed by atoms with Gasteiger partial charge in [0, 0.05) is 5.02 Å². The first-order valence-electron chi connectivity index (χ1n) is 6.33. The molecule has 4 nitrogen and oxygen atoms in total. The van der Waals surface area contributed by atoms with E-state index in [0.717, 1.165) is 0 Å². The molecule has 1 aromatic rings. The molecule has 1 amide bonds. The van der Waals surface area contributed by atoms with Gasteiger partial charge in [-0.3, -0.25) is 9.59 Å². The lowest BCUT2D eigenvalue weighted by molar-refractivity contribution is -0.138. The Morgan fingerprint density at radius 3 is 2.30 bits per heavy atom. The average molecular weight is 318 g/mol. The second-order valence-corrected chi connectivity index (χ2v) is 5.48. The minimum Gasteiger partial charge on any atom is -0.481 e. The molecule has 6 heteroatoms. The smallest absolute Gasteiger partial charge is 0.305 e. The van der Waals surface area contributed by atoms with Gasteiger partial charge in [-0.25, -0.2) is 0 Å². The lowest BCUT2D eigenvalue weighted by atomic mass is 9.88. The number of carbonyl (C=O) groups excluding carboxylic acids is 1. The number of aliphatic carboxylic acids is 1. The van der Waals surface area contributed by atoms with Gasteiger partial charge in [0.05, 0.1) is 22.5 Å². The first kappa shape index (κ1) is 16.8. The van der Waals surface area contributed by atoms with Crippen LogP contribution < -0.4 is 5.32 Å². The van der Waals surface area contributed by atoms with Crippen molar-refractivity contribution in [3.05, 3.63) is 33.8 Å². The van der Waals surface area contributed by atoms with Crippen molar-refractivity contribution in [2.45, 2.75) is 38.6 Å². The number of benzene rings is 1. The molecule has 1 aromatic carbocycles. The van der Waals surface area contributed by atoms with Crippen molar-refractivity contribution in [3.8, 4) is 0 Å². The van der Waals surface area contributed by atoms with Crippen LogP contribution in [0.3, 0.4) is 0 Å². The number of halogens is 2. The lowest BCUT2D eigenvalue weighted by Gasteiger charge is -2.31. The fourth-order valence-electron chi connectivity index (χ4n) is 1.99. The Kier molecular flexibility index (Phi) is 5.84. The van der Waals surface area contributed by atoms with Gasteiger partial charge in [-0.1, -0.05) is 37.0 Å². The van der Waals surface area contributed by atoms with E-state index in [2.05, 4.69) is 5.32 Å². The minimum absolute atomic E-state index is 0.128. The van der Waals surface area contributed by atoms with Crippen molar-refractivity contribution in [3.63, 3.8) is 0 Å². The van der Waals surface area contributed by atoms with E-state index >= 15 is 0 Å². The van der Waals surface area contributed by atoms with Crippen LogP contribution in [0.5, 0.6) is 0 Å². The van der Waals surface area contributed by atoms with E-state index in [9.17, 15) is 9.59 Å². The van der Waals surface area contributed by atoms with Gasteiger partial charge in [0.15, 0.2) is 0 Å². The first-order valence-corrected chi connectivity index (χ1v) is 7.08. The van der Waals surface area contributed by atoms with Crippen LogP contribution in [0.4, 0.5) is 0 Å². The normalized spacial score (nSPS) is 11.2. The largest absolute Gasteiger partial charge is 0.481 e. The zero-order valence-corrected chi connectivity index (χ0v) is 12.9. The average Bonchev–Trinajstić information content (AvgIpc) is 2.37. The highest BCUT2D eigenvalue weighted by Crippen LogP contribution is 2.24. The summed E-state index contributed by atoms with van der Waals surface area (Å²) < 4.78 is 0. The van der Waals surface area contributed by atoms with Gasteiger partial charge in [0.25, 0.3) is 5.91 Å². The molecule has 0 aliphatic heterocycles. The number of amides is 1. The van der Waals surface area contributed by atoms with Crippen molar-refractivity contribution in [1.82, 2.24) is 5.32 Å². The monoisotopic (exact) mass is 317 g/mol. The van der Waals surface area contributed by atoms with Crippen molar-refractivity contribution in [2.24, 2.45) is 0 Å². The highest BCUT2D eigenvalue weighted by Gasteiger charge is 2.31. The van der Waals surface area contributed by atoms with Gasteiger partial charge in [0.1, 0.15) is 0 Å². The molecule has 20 heavy (non-hydrogen) atoms.